The van der Waals surface area contributed by atoms with Gasteiger partial charge in [0.05, 0.1) is 6.61 Å². The third-order valence-electron chi connectivity index (χ3n) is 3.48. The molecule has 0 saturated heterocycles. The van der Waals surface area contributed by atoms with E-state index in [-0.39, 0.29) is 0 Å². The minimum Gasteiger partial charge on any atom is -0.376 e. The van der Waals surface area contributed by atoms with Crippen LogP contribution in [-0.4, -0.2) is 18.1 Å². The van der Waals surface area contributed by atoms with E-state index in [9.17, 15) is 0 Å². The van der Waals surface area contributed by atoms with Crippen LogP contribution < -0.4 is 5.32 Å². The van der Waals surface area contributed by atoms with Gasteiger partial charge in [-0.1, -0.05) is 19.8 Å². The maximum absolute atomic E-state index is 5.81. The van der Waals surface area contributed by atoms with Gasteiger partial charge in [0.25, 0.3) is 0 Å². The Morgan fingerprint density at radius 3 is 3.00 bits per heavy atom. The molecule has 0 radical (unpaired) electrons. The van der Waals surface area contributed by atoms with Crippen molar-refractivity contribution in [1.29, 1.82) is 0 Å². The molecule has 1 aromatic heterocycles. The number of anilines is 1. The third-order valence-corrected chi connectivity index (χ3v) is 3.48. The Balaban J connectivity index is 1.74. The van der Waals surface area contributed by atoms with Gasteiger partial charge in [0.15, 0.2) is 0 Å². The normalized spacial score (nSPS) is 16.1. The number of hydrogen-bond acceptors (Lipinski definition) is 3. The molecule has 0 spiro atoms. The molecule has 18 heavy (non-hydrogen) atoms. The number of hydrogen-bond donors (Lipinski definition) is 1. The second-order valence-electron chi connectivity index (χ2n) is 5.14. The number of rotatable bonds is 7. The summed E-state index contributed by atoms with van der Waals surface area (Å²) in [5.41, 5.74) is 1.21. The zero-order valence-corrected chi connectivity index (χ0v) is 11.3. The highest BCUT2D eigenvalue weighted by Crippen LogP contribution is 2.25. The average molecular weight is 248 g/mol. The maximum Gasteiger partial charge on any atom is 0.126 e. The van der Waals surface area contributed by atoms with Crippen molar-refractivity contribution >= 4 is 5.82 Å². The molecular formula is C15H24N2O. The molecule has 1 aliphatic carbocycles. The van der Waals surface area contributed by atoms with Crippen LogP contribution in [0.4, 0.5) is 5.82 Å². The molecule has 1 aromatic rings. The lowest BCUT2D eigenvalue weighted by Crippen LogP contribution is -2.06. The summed E-state index contributed by atoms with van der Waals surface area (Å²) in [5, 5.41) is 3.30. The van der Waals surface area contributed by atoms with Crippen LogP contribution >= 0.6 is 0 Å². The highest BCUT2D eigenvalue weighted by Gasteiger charge is 2.14. The van der Waals surface area contributed by atoms with Crippen molar-refractivity contribution in [3.05, 3.63) is 23.9 Å². The summed E-state index contributed by atoms with van der Waals surface area (Å²) < 4.78 is 5.81. The third kappa shape index (κ3) is 4.30. The average Bonchev–Trinajstić information content (AvgIpc) is 2.90. The predicted molar refractivity (Wildman–Crippen MR) is 74.6 cm³/mol. The fourth-order valence-electron chi connectivity index (χ4n) is 2.43. The Labute approximate surface area is 110 Å². The van der Waals surface area contributed by atoms with E-state index >= 15 is 0 Å². The lowest BCUT2D eigenvalue weighted by molar-refractivity contribution is 0.0889. The maximum atomic E-state index is 5.81. The molecule has 0 atom stereocenters. The molecule has 1 N–H and O–H groups in total. The summed E-state index contributed by atoms with van der Waals surface area (Å²) >= 11 is 0. The van der Waals surface area contributed by atoms with Crippen molar-refractivity contribution in [1.82, 2.24) is 4.98 Å². The van der Waals surface area contributed by atoms with Crippen molar-refractivity contribution in [3.8, 4) is 0 Å². The molecule has 3 heteroatoms. The SMILES string of the molecule is CCCNc1cc(COCC2CCCC2)ccn1. The van der Waals surface area contributed by atoms with Gasteiger partial charge in [-0.25, -0.2) is 4.98 Å². The first-order valence-corrected chi connectivity index (χ1v) is 7.15. The van der Waals surface area contributed by atoms with Crippen LogP contribution in [0.15, 0.2) is 18.3 Å². The highest BCUT2D eigenvalue weighted by molar-refractivity contribution is 5.37. The molecule has 1 fully saturated rings. The van der Waals surface area contributed by atoms with Crippen molar-refractivity contribution < 1.29 is 4.74 Å². The van der Waals surface area contributed by atoms with Gasteiger partial charge in [0, 0.05) is 19.3 Å². The van der Waals surface area contributed by atoms with E-state index in [1.807, 2.05) is 12.3 Å². The van der Waals surface area contributed by atoms with Gasteiger partial charge < -0.3 is 10.1 Å². The zero-order chi connectivity index (χ0) is 12.6. The summed E-state index contributed by atoms with van der Waals surface area (Å²) in [6, 6.07) is 4.12. The van der Waals surface area contributed by atoms with Gasteiger partial charge in [-0.05, 0) is 42.9 Å². The van der Waals surface area contributed by atoms with Gasteiger partial charge in [-0.2, -0.15) is 0 Å². The summed E-state index contributed by atoms with van der Waals surface area (Å²) in [7, 11) is 0. The van der Waals surface area contributed by atoms with E-state index < -0.39 is 0 Å². The molecular weight excluding hydrogens is 224 g/mol. The van der Waals surface area contributed by atoms with Crippen LogP contribution in [0.5, 0.6) is 0 Å². The Morgan fingerprint density at radius 2 is 2.22 bits per heavy atom. The van der Waals surface area contributed by atoms with Crippen molar-refractivity contribution in [3.63, 3.8) is 0 Å². The largest absolute Gasteiger partial charge is 0.376 e. The van der Waals surface area contributed by atoms with E-state index in [4.69, 9.17) is 4.74 Å². The first kappa shape index (κ1) is 13.3. The first-order chi connectivity index (χ1) is 8.88. The molecule has 0 unspecified atom stereocenters. The van der Waals surface area contributed by atoms with Crippen LogP contribution in [0.3, 0.4) is 0 Å². The molecule has 1 aliphatic rings. The molecule has 1 saturated carbocycles. The summed E-state index contributed by atoms with van der Waals surface area (Å²) in [6.07, 6.45) is 8.43. The van der Waals surface area contributed by atoms with Gasteiger partial charge in [-0.15, -0.1) is 0 Å². The topological polar surface area (TPSA) is 34.1 Å². The van der Waals surface area contributed by atoms with E-state index in [0.29, 0.717) is 6.61 Å². The van der Waals surface area contributed by atoms with Gasteiger partial charge in [0.2, 0.25) is 0 Å². The van der Waals surface area contributed by atoms with Crippen molar-refractivity contribution in [2.45, 2.75) is 45.6 Å². The lowest BCUT2D eigenvalue weighted by atomic mass is 10.1. The van der Waals surface area contributed by atoms with Crippen LogP contribution in [-0.2, 0) is 11.3 Å². The molecule has 0 aliphatic heterocycles. The van der Waals surface area contributed by atoms with E-state index in [0.717, 1.165) is 31.3 Å². The minimum absolute atomic E-state index is 0.708. The Morgan fingerprint density at radius 1 is 1.39 bits per heavy atom. The quantitative estimate of drug-likeness (QED) is 0.800. The van der Waals surface area contributed by atoms with Crippen molar-refractivity contribution in [2.75, 3.05) is 18.5 Å². The lowest BCUT2D eigenvalue weighted by Gasteiger charge is -2.10. The fraction of sp³-hybridized carbons (Fsp3) is 0.667. The number of aromatic nitrogens is 1. The van der Waals surface area contributed by atoms with Crippen LogP contribution in [0.2, 0.25) is 0 Å². The van der Waals surface area contributed by atoms with Crippen LogP contribution in [0.25, 0.3) is 0 Å². The molecule has 0 bridgehead atoms. The number of ether oxygens (including phenoxy) is 1. The van der Waals surface area contributed by atoms with Crippen LogP contribution in [0, 0.1) is 5.92 Å². The number of nitrogens with one attached hydrogen (secondary N) is 1. The van der Waals surface area contributed by atoms with E-state index in [1.54, 1.807) is 0 Å². The van der Waals surface area contributed by atoms with Crippen molar-refractivity contribution in [2.24, 2.45) is 5.92 Å². The summed E-state index contributed by atoms with van der Waals surface area (Å²) in [6.45, 7) is 4.75. The second kappa shape index (κ2) is 7.37. The van der Waals surface area contributed by atoms with Gasteiger partial charge in [-0.3, -0.25) is 0 Å². The minimum atomic E-state index is 0.708. The Kier molecular flexibility index (Phi) is 5.46. The first-order valence-electron chi connectivity index (χ1n) is 7.15. The smallest absolute Gasteiger partial charge is 0.126 e. The van der Waals surface area contributed by atoms with E-state index in [1.165, 1.54) is 31.2 Å². The highest BCUT2D eigenvalue weighted by atomic mass is 16.5. The van der Waals surface area contributed by atoms with Gasteiger partial charge >= 0.3 is 0 Å². The molecule has 2 rings (SSSR count). The summed E-state index contributed by atoms with van der Waals surface area (Å²) in [4.78, 5) is 4.30. The standard InChI is InChI=1S/C15H24N2O/c1-2-8-16-15-10-14(7-9-17-15)12-18-11-13-5-3-4-6-13/h7,9-10,13H,2-6,8,11-12H2,1H3,(H,16,17). The van der Waals surface area contributed by atoms with Crippen LogP contribution in [0.1, 0.15) is 44.6 Å². The molecule has 1 heterocycles. The zero-order valence-electron chi connectivity index (χ0n) is 11.3. The monoisotopic (exact) mass is 248 g/mol. The molecule has 3 nitrogen and oxygen atoms in total. The Bertz CT molecular complexity index is 348. The predicted octanol–water partition coefficient (Wildman–Crippen LogP) is 3.61. The Hall–Kier alpha value is -1.09. The number of pyridine rings is 1. The van der Waals surface area contributed by atoms with Gasteiger partial charge in [0.1, 0.15) is 5.82 Å². The second-order valence-corrected chi connectivity index (χ2v) is 5.14. The molecule has 0 amide bonds. The fourth-order valence-corrected chi connectivity index (χ4v) is 2.43. The molecule has 100 valence electrons. The summed E-state index contributed by atoms with van der Waals surface area (Å²) in [5.74, 6) is 1.75. The molecule has 0 aromatic carbocycles. The number of nitrogens with zero attached hydrogens (tertiary/aromatic N) is 1. The van der Waals surface area contributed by atoms with E-state index in [2.05, 4.69) is 23.3 Å².